The van der Waals surface area contributed by atoms with Crippen molar-refractivity contribution in [3.8, 4) is 0 Å². The molecule has 1 amide bonds. The zero-order chi connectivity index (χ0) is 26.4. The fourth-order valence-electron chi connectivity index (χ4n) is 4.05. The van der Waals surface area contributed by atoms with Crippen molar-refractivity contribution in [1.29, 1.82) is 0 Å². The number of fused-ring (bicyclic) bond motifs is 1. The molecule has 3 aromatic rings. The summed E-state index contributed by atoms with van der Waals surface area (Å²) in [5, 5.41) is 6.29. The molecule has 1 aliphatic heterocycles. The standard InChI is InChI=1S/C29H29N3O5/c1-4-36-25(33)18-37-29(35)21-12-15-23-24(16-21)31-28(34)26(23)27(20-8-6-5-7-9-20)30-22-13-10-19(11-14-22)17-32(2)3/h5-16,30H,4,17-18H2,1-3H3,(H,31,34). The number of nitrogens with one attached hydrogen (secondary N) is 2. The molecular weight excluding hydrogens is 470 g/mol. The SMILES string of the molecule is CCOC(=O)COC(=O)c1ccc2c(c1)NC(=O)C2=C(Nc1ccc(CN(C)C)cc1)c1ccccc1. The summed E-state index contributed by atoms with van der Waals surface area (Å²) in [6.07, 6.45) is 0. The van der Waals surface area contributed by atoms with Gasteiger partial charge in [-0.1, -0.05) is 48.5 Å². The van der Waals surface area contributed by atoms with E-state index in [1.54, 1.807) is 25.1 Å². The molecule has 8 heteroatoms. The number of carbonyl (C=O) groups is 3. The van der Waals surface area contributed by atoms with Gasteiger partial charge in [0.05, 0.1) is 29.1 Å². The van der Waals surface area contributed by atoms with Gasteiger partial charge < -0.3 is 25.0 Å². The summed E-state index contributed by atoms with van der Waals surface area (Å²) in [4.78, 5) is 39.2. The average molecular weight is 500 g/mol. The molecule has 0 atom stereocenters. The van der Waals surface area contributed by atoms with Crippen molar-refractivity contribution in [3.63, 3.8) is 0 Å². The van der Waals surface area contributed by atoms with Crippen molar-refractivity contribution < 1.29 is 23.9 Å². The van der Waals surface area contributed by atoms with Crippen LogP contribution < -0.4 is 10.6 Å². The Balaban J connectivity index is 1.66. The van der Waals surface area contributed by atoms with Gasteiger partial charge in [0.2, 0.25) is 0 Å². The topological polar surface area (TPSA) is 97.0 Å². The van der Waals surface area contributed by atoms with Gasteiger partial charge in [-0.15, -0.1) is 0 Å². The van der Waals surface area contributed by atoms with Crippen LogP contribution in [0, 0.1) is 0 Å². The minimum absolute atomic E-state index is 0.203. The minimum Gasteiger partial charge on any atom is -0.463 e. The number of hydrogen-bond acceptors (Lipinski definition) is 7. The van der Waals surface area contributed by atoms with Gasteiger partial charge in [-0.05, 0) is 56.4 Å². The molecule has 0 spiro atoms. The summed E-state index contributed by atoms with van der Waals surface area (Å²) in [7, 11) is 4.04. The molecule has 0 bridgehead atoms. The molecule has 0 unspecified atom stereocenters. The van der Waals surface area contributed by atoms with Crippen molar-refractivity contribution in [2.24, 2.45) is 0 Å². The molecule has 0 radical (unpaired) electrons. The second-order valence-electron chi connectivity index (χ2n) is 8.77. The zero-order valence-corrected chi connectivity index (χ0v) is 21.0. The molecule has 0 saturated carbocycles. The van der Waals surface area contributed by atoms with Crippen LogP contribution in [0.5, 0.6) is 0 Å². The Bertz CT molecular complexity index is 1330. The molecule has 3 aromatic carbocycles. The van der Waals surface area contributed by atoms with Crippen LogP contribution in [0.2, 0.25) is 0 Å². The van der Waals surface area contributed by atoms with E-state index in [1.807, 2.05) is 68.7 Å². The first-order valence-electron chi connectivity index (χ1n) is 11.9. The molecule has 0 aromatic heterocycles. The summed E-state index contributed by atoms with van der Waals surface area (Å²) in [6, 6.07) is 22.5. The van der Waals surface area contributed by atoms with Crippen LogP contribution in [-0.4, -0.2) is 50.1 Å². The van der Waals surface area contributed by atoms with E-state index in [0.717, 1.165) is 17.8 Å². The molecule has 0 aliphatic carbocycles. The molecule has 2 N–H and O–H groups in total. The number of benzene rings is 3. The van der Waals surface area contributed by atoms with E-state index in [2.05, 4.69) is 15.5 Å². The predicted molar refractivity (Wildman–Crippen MR) is 143 cm³/mol. The summed E-state index contributed by atoms with van der Waals surface area (Å²) in [6.45, 7) is 2.23. The smallest absolute Gasteiger partial charge is 0.344 e. The van der Waals surface area contributed by atoms with Crippen molar-refractivity contribution in [2.45, 2.75) is 13.5 Å². The number of anilines is 2. The molecule has 0 fully saturated rings. The van der Waals surface area contributed by atoms with E-state index < -0.39 is 18.5 Å². The molecule has 8 nitrogen and oxygen atoms in total. The third-order valence-electron chi connectivity index (χ3n) is 5.66. The second kappa shape index (κ2) is 11.5. The van der Waals surface area contributed by atoms with Gasteiger partial charge in [0.25, 0.3) is 5.91 Å². The summed E-state index contributed by atoms with van der Waals surface area (Å²) in [5.41, 5.74) is 5.33. The molecule has 1 aliphatic rings. The van der Waals surface area contributed by atoms with Crippen LogP contribution in [0.25, 0.3) is 11.3 Å². The van der Waals surface area contributed by atoms with Gasteiger partial charge in [-0.3, -0.25) is 4.79 Å². The van der Waals surface area contributed by atoms with E-state index in [0.29, 0.717) is 22.5 Å². The number of rotatable bonds is 9. The molecule has 1 heterocycles. The number of carbonyl (C=O) groups excluding carboxylic acids is 3. The first-order chi connectivity index (χ1) is 17.9. The predicted octanol–water partition coefficient (Wildman–Crippen LogP) is 4.40. The van der Waals surface area contributed by atoms with Crippen LogP contribution in [0.3, 0.4) is 0 Å². The lowest BCUT2D eigenvalue weighted by Crippen LogP contribution is -2.16. The molecule has 190 valence electrons. The van der Waals surface area contributed by atoms with E-state index in [4.69, 9.17) is 9.47 Å². The van der Waals surface area contributed by atoms with Crippen molar-refractivity contribution in [3.05, 3.63) is 95.1 Å². The number of esters is 2. The number of ether oxygens (including phenoxy) is 2. The Morgan fingerprint density at radius 1 is 0.919 bits per heavy atom. The highest BCUT2D eigenvalue weighted by atomic mass is 16.6. The van der Waals surface area contributed by atoms with Crippen LogP contribution in [0.4, 0.5) is 11.4 Å². The van der Waals surface area contributed by atoms with Crippen LogP contribution in [0.15, 0.2) is 72.8 Å². The molecule has 0 saturated heterocycles. The van der Waals surface area contributed by atoms with Crippen molar-refractivity contribution in [1.82, 2.24) is 4.90 Å². The fourth-order valence-corrected chi connectivity index (χ4v) is 4.05. The van der Waals surface area contributed by atoms with Gasteiger partial charge in [-0.2, -0.15) is 0 Å². The highest BCUT2D eigenvalue weighted by Crippen LogP contribution is 2.38. The Kier molecular flexibility index (Phi) is 8.00. The molecular formula is C29H29N3O5. The van der Waals surface area contributed by atoms with Gasteiger partial charge in [0.1, 0.15) is 0 Å². The minimum atomic E-state index is -0.679. The maximum Gasteiger partial charge on any atom is 0.344 e. The highest BCUT2D eigenvalue weighted by Gasteiger charge is 2.29. The average Bonchev–Trinajstić information content (AvgIpc) is 3.22. The lowest BCUT2D eigenvalue weighted by atomic mass is 9.99. The number of amides is 1. The van der Waals surface area contributed by atoms with Crippen molar-refractivity contribution in [2.75, 3.05) is 37.9 Å². The first-order valence-corrected chi connectivity index (χ1v) is 11.9. The Morgan fingerprint density at radius 3 is 2.32 bits per heavy atom. The monoisotopic (exact) mass is 499 g/mol. The summed E-state index contributed by atoms with van der Waals surface area (Å²) in [5.74, 6) is -1.59. The zero-order valence-electron chi connectivity index (χ0n) is 21.0. The van der Waals surface area contributed by atoms with Gasteiger partial charge in [0.15, 0.2) is 6.61 Å². The van der Waals surface area contributed by atoms with E-state index in [1.165, 1.54) is 5.56 Å². The van der Waals surface area contributed by atoms with Gasteiger partial charge in [0, 0.05) is 17.8 Å². The van der Waals surface area contributed by atoms with E-state index in [9.17, 15) is 14.4 Å². The summed E-state index contributed by atoms with van der Waals surface area (Å²) >= 11 is 0. The third kappa shape index (κ3) is 6.23. The normalized spacial score (nSPS) is 13.6. The maximum atomic E-state index is 13.2. The Labute approximate surface area is 215 Å². The van der Waals surface area contributed by atoms with Crippen LogP contribution in [0.1, 0.15) is 34.0 Å². The maximum absolute atomic E-state index is 13.2. The second-order valence-corrected chi connectivity index (χ2v) is 8.77. The lowest BCUT2D eigenvalue weighted by molar-refractivity contribution is -0.146. The largest absolute Gasteiger partial charge is 0.463 e. The number of hydrogen-bond donors (Lipinski definition) is 2. The first kappa shape index (κ1) is 25.7. The van der Waals surface area contributed by atoms with E-state index >= 15 is 0 Å². The summed E-state index contributed by atoms with van der Waals surface area (Å²) < 4.78 is 9.81. The van der Waals surface area contributed by atoms with Crippen molar-refractivity contribution >= 4 is 40.5 Å². The highest BCUT2D eigenvalue weighted by molar-refractivity contribution is 6.37. The quantitative estimate of drug-likeness (QED) is 0.333. The third-order valence-corrected chi connectivity index (χ3v) is 5.66. The fraction of sp³-hybridized carbons (Fsp3) is 0.207. The van der Waals surface area contributed by atoms with Gasteiger partial charge >= 0.3 is 11.9 Å². The molecule has 4 rings (SSSR count). The van der Waals surface area contributed by atoms with Gasteiger partial charge in [-0.25, -0.2) is 9.59 Å². The molecule has 37 heavy (non-hydrogen) atoms. The van der Waals surface area contributed by atoms with Crippen LogP contribution in [-0.2, 0) is 25.6 Å². The lowest BCUT2D eigenvalue weighted by Gasteiger charge is -2.16. The Hall–Kier alpha value is -4.43. The van der Waals surface area contributed by atoms with Crippen LogP contribution >= 0.6 is 0 Å². The number of nitrogens with zero attached hydrogens (tertiary/aromatic N) is 1. The van der Waals surface area contributed by atoms with E-state index in [-0.39, 0.29) is 18.1 Å². The Morgan fingerprint density at radius 2 is 1.65 bits per heavy atom.